The Labute approximate surface area is 128 Å². The monoisotopic (exact) mass is 359 g/mol. The van der Waals surface area contributed by atoms with Crippen molar-refractivity contribution in [1.29, 1.82) is 0 Å². The minimum Gasteiger partial charge on any atom is -0.457 e. The Morgan fingerprint density at radius 3 is 2.43 bits per heavy atom. The lowest BCUT2D eigenvalue weighted by Gasteiger charge is -2.15. The van der Waals surface area contributed by atoms with Crippen LogP contribution in [-0.4, -0.2) is 0 Å². The van der Waals surface area contributed by atoms with Crippen LogP contribution in [0.2, 0.25) is 0 Å². The Kier molecular flexibility index (Phi) is 4.58. The lowest BCUT2D eigenvalue weighted by molar-refractivity contribution is -0.138. The van der Waals surface area contributed by atoms with E-state index in [1.165, 1.54) is 12.1 Å². The molecule has 0 saturated carbocycles. The third-order valence-electron chi connectivity index (χ3n) is 2.94. The van der Waals surface area contributed by atoms with Crippen molar-refractivity contribution in [2.24, 2.45) is 5.73 Å². The Balaban J connectivity index is 2.41. The lowest BCUT2D eigenvalue weighted by Crippen LogP contribution is -2.09. The number of hydrogen-bond donors (Lipinski definition) is 1. The van der Waals surface area contributed by atoms with Crippen LogP contribution in [0.15, 0.2) is 40.9 Å². The predicted molar refractivity (Wildman–Crippen MR) is 78.3 cm³/mol. The molecule has 0 aliphatic carbocycles. The Bertz CT molecular complexity index is 656. The fraction of sp³-hybridized carbons (Fsp3) is 0.200. The maximum Gasteiger partial charge on any atom is 0.419 e. The molecule has 0 saturated heterocycles. The molecular weight excluding hydrogens is 347 g/mol. The van der Waals surface area contributed by atoms with Gasteiger partial charge in [0.25, 0.3) is 0 Å². The zero-order chi connectivity index (χ0) is 15.6. The van der Waals surface area contributed by atoms with Crippen molar-refractivity contribution in [1.82, 2.24) is 0 Å². The van der Waals surface area contributed by atoms with E-state index in [-0.39, 0.29) is 12.3 Å². The molecule has 0 aliphatic heterocycles. The summed E-state index contributed by atoms with van der Waals surface area (Å²) in [5.74, 6) is 0.114. The second kappa shape index (κ2) is 6.07. The molecular formula is C15H13BrF3NO. The van der Waals surface area contributed by atoms with Crippen LogP contribution in [0.1, 0.15) is 16.7 Å². The SMILES string of the molecule is Cc1cc(Oc2ccc(CN)cc2C(F)(F)F)ccc1Br. The fourth-order valence-electron chi connectivity index (χ4n) is 1.82. The van der Waals surface area contributed by atoms with E-state index in [0.29, 0.717) is 11.3 Å². The zero-order valence-electron chi connectivity index (χ0n) is 11.2. The predicted octanol–water partition coefficient (Wildman–Crippen LogP) is 5.03. The average Bonchev–Trinajstić information content (AvgIpc) is 2.42. The standard InChI is InChI=1S/C15H13BrF3NO/c1-9-6-11(3-4-13(9)16)21-14-5-2-10(8-20)7-12(14)15(17,18)19/h2-7H,8,20H2,1H3. The molecule has 0 aromatic heterocycles. The van der Waals surface area contributed by atoms with Gasteiger partial charge in [0.1, 0.15) is 11.5 Å². The highest BCUT2D eigenvalue weighted by atomic mass is 79.9. The van der Waals surface area contributed by atoms with Crippen molar-refractivity contribution >= 4 is 15.9 Å². The number of benzene rings is 2. The van der Waals surface area contributed by atoms with E-state index < -0.39 is 11.7 Å². The van der Waals surface area contributed by atoms with Gasteiger partial charge < -0.3 is 10.5 Å². The van der Waals surface area contributed by atoms with Crippen LogP contribution in [0, 0.1) is 6.92 Å². The molecule has 6 heteroatoms. The zero-order valence-corrected chi connectivity index (χ0v) is 12.8. The molecule has 112 valence electrons. The number of alkyl halides is 3. The van der Waals surface area contributed by atoms with Crippen LogP contribution in [-0.2, 0) is 12.7 Å². The summed E-state index contributed by atoms with van der Waals surface area (Å²) in [6.07, 6.45) is -4.50. The summed E-state index contributed by atoms with van der Waals surface area (Å²) in [6, 6.07) is 8.83. The molecule has 0 bridgehead atoms. The number of ether oxygens (including phenoxy) is 1. The molecule has 0 fully saturated rings. The first kappa shape index (κ1) is 15.9. The highest BCUT2D eigenvalue weighted by molar-refractivity contribution is 9.10. The van der Waals surface area contributed by atoms with E-state index in [4.69, 9.17) is 10.5 Å². The molecule has 2 aromatic rings. The van der Waals surface area contributed by atoms with Gasteiger partial charge in [-0.15, -0.1) is 0 Å². The molecule has 0 aliphatic rings. The number of aryl methyl sites for hydroxylation is 1. The highest BCUT2D eigenvalue weighted by Crippen LogP contribution is 2.39. The van der Waals surface area contributed by atoms with Crippen molar-refractivity contribution in [2.75, 3.05) is 0 Å². The molecule has 2 rings (SSSR count). The van der Waals surface area contributed by atoms with E-state index in [0.717, 1.165) is 16.1 Å². The van der Waals surface area contributed by atoms with E-state index in [2.05, 4.69) is 15.9 Å². The number of rotatable bonds is 3. The summed E-state index contributed by atoms with van der Waals surface area (Å²) in [5.41, 5.74) is 5.84. The van der Waals surface area contributed by atoms with Crippen molar-refractivity contribution in [3.63, 3.8) is 0 Å². The molecule has 0 spiro atoms. The molecule has 0 radical (unpaired) electrons. The second-order valence-electron chi connectivity index (χ2n) is 4.55. The second-order valence-corrected chi connectivity index (χ2v) is 5.40. The quantitative estimate of drug-likeness (QED) is 0.834. The molecule has 0 unspecified atom stereocenters. The first-order valence-corrected chi connectivity index (χ1v) is 6.95. The molecule has 0 atom stereocenters. The van der Waals surface area contributed by atoms with Gasteiger partial charge in [-0.25, -0.2) is 0 Å². The van der Waals surface area contributed by atoms with Gasteiger partial charge in [-0.2, -0.15) is 13.2 Å². The Morgan fingerprint density at radius 2 is 1.86 bits per heavy atom. The minimum absolute atomic E-state index is 0.0424. The van der Waals surface area contributed by atoms with Gasteiger partial charge in [0.2, 0.25) is 0 Å². The first-order chi connectivity index (χ1) is 9.81. The first-order valence-electron chi connectivity index (χ1n) is 6.15. The summed E-state index contributed by atoms with van der Waals surface area (Å²) < 4.78 is 45.5. The van der Waals surface area contributed by atoms with Gasteiger partial charge >= 0.3 is 6.18 Å². The van der Waals surface area contributed by atoms with Crippen molar-refractivity contribution < 1.29 is 17.9 Å². The van der Waals surface area contributed by atoms with E-state index in [9.17, 15) is 13.2 Å². The van der Waals surface area contributed by atoms with Crippen molar-refractivity contribution in [3.8, 4) is 11.5 Å². The van der Waals surface area contributed by atoms with Gasteiger partial charge in [0.15, 0.2) is 0 Å². The summed E-state index contributed by atoms with van der Waals surface area (Å²) in [7, 11) is 0. The molecule has 21 heavy (non-hydrogen) atoms. The van der Waals surface area contributed by atoms with Crippen LogP contribution in [0.25, 0.3) is 0 Å². The third kappa shape index (κ3) is 3.77. The molecule has 2 aromatic carbocycles. The number of nitrogens with two attached hydrogens (primary N) is 1. The Morgan fingerprint density at radius 1 is 1.14 bits per heavy atom. The van der Waals surface area contributed by atoms with Crippen molar-refractivity contribution in [2.45, 2.75) is 19.6 Å². The number of halogens is 4. The van der Waals surface area contributed by atoms with Gasteiger partial charge in [-0.1, -0.05) is 22.0 Å². The number of hydrogen-bond acceptors (Lipinski definition) is 2. The van der Waals surface area contributed by atoms with Crippen LogP contribution >= 0.6 is 15.9 Å². The minimum atomic E-state index is -4.50. The summed E-state index contributed by atoms with van der Waals surface area (Å²) >= 11 is 3.33. The van der Waals surface area contributed by atoms with Crippen LogP contribution in [0.5, 0.6) is 11.5 Å². The average molecular weight is 360 g/mol. The van der Waals surface area contributed by atoms with Gasteiger partial charge in [0.05, 0.1) is 5.56 Å². The van der Waals surface area contributed by atoms with Crippen LogP contribution in [0.3, 0.4) is 0 Å². The van der Waals surface area contributed by atoms with Crippen molar-refractivity contribution in [3.05, 3.63) is 57.6 Å². The maximum atomic E-state index is 13.1. The maximum absolute atomic E-state index is 13.1. The molecule has 2 N–H and O–H groups in total. The van der Waals surface area contributed by atoms with E-state index in [1.807, 2.05) is 6.92 Å². The van der Waals surface area contributed by atoms with E-state index in [1.54, 1.807) is 18.2 Å². The van der Waals surface area contributed by atoms with Gasteiger partial charge in [0, 0.05) is 11.0 Å². The fourth-order valence-corrected chi connectivity index (χ4v) is 2.07. The third-order valence-corrected chi connectivity index (χ3v) is 3.83. The topological polar surface area (TPSA) is 35.2 Å². The van der Waals surface area contributed by atoms with Gasteiger partial charge in [-0.05, 0) is 48.4 Å². The van der Waals surface area contributed by atoms with E-state index >= 15 is 0 Å². The Hall–Kier alpha value is -1.53. The summed E-state index contributed by atoms with van der Waals surface area (Å²) in [6.45, 7) is 1.87. The van der Waals surface area contributed by atoms with Crippen LogP contribution in [0.4, 0.5) is 13.2 Å². The lowest BCUT2D eigenvalue weighted by atomic mass is 10.1. The summed E-state index contributed by atoms with van der Waals surface area (Å²) in [5, 5.41) is 0. The smallest absolute Gasteiger partial charge is 0.419 e. The summed E-state index contributed by atoms with van der Waals surface area (Å²) in [4.78, 5) is 0. The molecule has 0 heterocycles. The largest absolute Gasteiger partial charge is 0.457 e. The van der Waals surface area contributed by atoms with Crippen LogP contribution < -0.4 is 10.5 Å². The molecule has 0 amide bonds. The normalized spacial score (nSPS) is 11.5. The highest BCUT2D eigenvalue weighted by Gasteiger charge is 2.34. The molecule has 2 nitrogen and oxygen atoms in total. The van der Waals surface area contributed by atoms with Gasteiger partial charge in [-0.3, -0.25) is 0 Å².